The molecule has 3 nitrogen and oxygen atoms in total. The van der Waals surface area contributed by atoms with E-state index >= 15 is 0 Å². The van der Waals surface area contributed by atoms with Gasteiger partial charge in [0.05, 0.1) is 11.8 Å². The molecule has 84 valence electrons. The normalized spacial score (nSPS) is 25.5. The lowest BCUT2D eigenvalue weighted by atomic mass is 9.70. The first kappa shape index (κ1) is 12.0. The molecule has 0 saturated heterocycles. The molecule has 0 aliphatic heterocycles. The molecule has 0 aromatic carbocycles. The lowest BCUT2D eigenvalue weighted by Crippen LogP contribution is -2.31. The third kappa shape index (κ3) is 2.12. The summed E-state index contributed by atoms with van der Waals surface area (Å²) in [5.74, 6) is 0. The fourth-order valence-electron chi connectivity index (χ4n) is 2.28. The van der Waals surface area contributed by atoms with E-state index in [9.17, 15) is 5.11 Å². The zero-order valence-corrected chi connectivity index (χ0v) is 9.62. The predicted octanol–water partition coefficient (Wildman–Crippen LogP) is 2.50. The van der Waals surface area contributed by atoms with Crippen molar-refractivity contribution in [3.63, 3.8) is 0 Å². The van der Waals surface area contributed by atoms with E-state index < -0.39 is 6.10 Å². The van der Waals surface area contributed by atoms with Gasteiger partial charge in [-0.1, -0.05) is 25.1 Å². The molecule has 0 saturated carbocycles. The second kappa shape index (κ2) is 4.19. The lowest BCUT2D eigenvalue weighted by Gasteiger charge is -2.36. The van der Waals surface area contributed by atoms with Gasteiger partial charge in [-0.3, -0.25) is 0 Å². The molecule has 0 aromatic heterocycles. The minimum atomic E-state index is -0.656. The van der Waals surface area contributed by atoms with Gasteiger partial charge in [0.2, 0.25) is 0 Å². The van der Waals surface area contributed by atoms with Gasteiger partial charge in [-0.05, 0) is 36.3 Å². The zero-order valence-electron chi connectivity index (χ0n) is 9.62. The molecule has 0 heterocycles. The Labute approximate surface area is 90.8 Å². The quantitative estimate of drug-likeness (QED) is 0.417. The Hall–Kier alpha value is -1.09. The van der Waals surface area contributed by atoms with Crippen molar-refractivity contribution in [1.82, 2.24) is 0 Å². The Morgan fingerprint density at radius 3 is 2.60 bits per heavy atom. The molecule has 0 bridgehead atoms. The Morgan fingerprint density at radius 1 is 1.53 bits per heavy atom. The Morgan fingerprint density at radius 2 is 2.13 bits per heavy atom. The van der Waals surface area contributed by atoms with Gasteiger partial charge < -0.3 is 10.3 Å². The number of rotatable bonds is 2. The molecule has 0 amide bonds. The summed E-state index contributed by atoms with van der Waals surface area (Å²) >= 11 is 0. The summed E-state index contributed by atoms with van der Waals surface area (Å²) in [5, 5.41) is 22.0. The van der Waals surface area contributed by atoms with E-state index in [1.807, 2.05) is 6.92 Å². The van der Waals surface area contributed by atoms with Crippen LogP contribution in [0.2, 0.25) is 0 Å². The topological polar surface area (TPSA) is 52.8 Å². The van der Waals surface area contributed by atoms with Gasteiger partial charge in [-0.25, -0.2) is 0 Å². The fraction of sp³-hybridized carbons (Fsp3) is 0.583. The summed E-state index contributed by atoms with van der Waals surface area (Å²) in [6, 6.07) is 0. The summed E-state index contributed by atoms with van der Waals surface area (Å²) < 4.78 is 0. The van der Waals surface area contributed by atoms with E-state index in [-0.39, 0.29) is 5.41 Å². The van der Waals surface area contributed by atoms with Crippen molar-refractivity contribution in [2.24, 2.45) is 10.6 Å². The summed E-state index contributed by atoms with van der Waals surface area (Å²) in [7, 11) is 0. The molecule has 0 spiro atoms. The number of nitrogens with zero attached hydrogens (tertiary/aromatic N) is 1. The molecule has 1 rings (SSSR count). The number of hydrogen-bond acceptors (Lipinski definition) is 3. The highest BCUT2D eigenvalue weighted by Crippen LogP contribution is 2.40. The lowest BCUT2D eigenvalue weighted by molar-refractivity contribution is 0.215. The molecule has 0 aromatic rings. The summed E-state index contributed by atoms with van der Waals surface area (Å²) in [4.78, 5) is 0. The van der Waals surface area contributed by atoms with Crippen LogP contribution in [0.4, 0.5) is 0 Å². The first-order valence-corrected chi connectivity index (χ1v) is 5.17. The highest BCUT2D eigenvalue weighted by molar-refractivity contribution is 6.01. The smallest absolute Gasteiger partial charge is 0.0940 e. The van der Waals surface area contributed by atoms with E-state index in [0.29, 0.717) is 5.71 Å². The SMILES string of the molecule is C=CC(O)C1=C(C)C(=NO)CCC1(C)C. The molecule has 3 heteroatoms. The maximum absolute atomic E-state index is 9.89. The average Bonchev–Trinajstić information content (AvgIpc) is 2.17. The van der Waals surface area contributed by atoms with Crippen molar-refractivity contribution < 1.29 is 10.3 Å². The molecule has 2 N–H and O–H groups in total. The Kier molecular flexibility index (Phi) is 3.35. The number of oxime groups is 1. The largest absolute Gasteiger partial charge is 0.411 e. The average molecular weight is 209 g/mol. The number of aliphatic hydroxyl groups excluding tert-OH is 1. The van der Waals surface area contributed by atoms with Crippen molar-refractivity contribution >= 4 is 5.71 Å². The number of hydrogen-bond donors (Lipinski definition) is 2. The second-order valence-corrected chi connectivity index (χ2v) is 4.65. The predicted molar refractivity (Wildman–Crippen MR) is 61.1 cm³/mol. The van der Waals surface area contributed by atoms with Crippen LogP contribution >= 0.6 is 0 Å². The molecular weight excluding hydrogens is 190 g/mol. The van der Waals surface area contributed by atoms with Crippen molar-refractivity contribution in [3.8, 4) is 0 Å². The molecule has 0 fully saturated rings. The van der Waals surface area contributed by atoms with Crippen LogP contribution in [0.15, 0.2) is 29.0 Å². The third-order valence-electron chi connectivity index (χ3n) is 3.19. The molecular formula is C12H19NO2. The van der Waals surface area contributed by atoms with Crippen LogP contribution in [0.5, 0.6) is 0 Å². The van der Waals surface area contributed by atoms with E-state index in [1.165, 1.54) is 6.08 Å². The van der Waals surface area contributed by atoms with Crippen LogP contribution in [-0.2, 0) is 0 Å². The van der Waals surface area contributed by atoms with Crippen molar-refractivity contribution in [1.29, 1.82) is 0 Å². The summed E-state index contributed by atoms with van der Waals surface area (Å²) in [6.07, 6.45) is 2.49. The third-order valence-corrected chi connectivity index (χ3v) is 3.19. The monoisotopic (exact) mass is 209 g/mol. The molecule has 0 radical (unpaired) electrons. The van der Waals surface area contributed by atoms with Crippen molar-refractivity contribution in [2.45, 2.75) is 39.7 Å². The van der Waals surface area contributed by atoms with E-state index in [0.717, 1.165) is 24.0 Å². The van der Waals surface area contributed by atoms with Gasteiger partial charge in [-0.15, -0.1) is 6.58 Å². The van der Waals surface area contributed by atoms with Gasteiger partial charge in [-0.2, -0.15) is 0 Å². The molecule has 1 atom stereocenters. The molecule has 15 heavy (non-hydrogen) atoms. The van der Waals surface area contributed by atoms with Crippen molar-refractivity contribution in [2.75, 3.05) is 0 Å². The van der Waals surface area contributed by atoms with Gasteiger partial charge in [0.1, 0.15) is 0 Å². The Bertz CT molecular complexity index is 327. The van der Waals surface area contributed by atoms with Crippen molar-refractivity contribution in [3.05, 3.63) is 23.8 Å². The van der Waals surface area contributed by atoms with Gasteiger partial charge >= 0.3 is 0 Å². The van der Waals surface area contributed by atoms with Crippen LogP contribution in [0.1, 0.15) is 33.6 Å². The van der Waals surface area contributed by atoms with Gasteiger partial charge in [0.15, 0.2) is 0 Å². The maximum atomic E-state index is 9.89. The standard InChI is InChI=1S/C12H19NO2/c1-5-10(14)11-8(2)9(13-15)6-7-12(11,3)4/h5,10,14-15H,1,6-7H2,2-4H3. The molecule has 1 unspecified atom stereocenters. The van der Waals surface area contributed by atoms with Crippen LogP contribution in [0.25, 0.3) is 0 Å². The van der Waals surface area contributed by atoms with Crippen LogP contribution in [-0.4, -0.2) is 22.1 Å². The van der Waals surface area contributed by atoms with Gasteiger partial charge in [0.25, 0.3) is 0 Å². The van der Waals surface area contributed by atoms with Gasteiger partial charge in [0, 0.05) is 0 Å². The first-order chi connectivity index (χ1) is 6.94. The number of allylic oxidation sites excluding steroid dienone is 1. The fourth-order valence-corrected chi connectivity index (χ4v) is 2.28. The highest BCUT2D eigenvalue weighted by atomic mass is 16.4. The first-order valence-electron chi connectivity index (χ1n) is 5.17. The zero-order chi connectivity index (χ0) is 11.6. The number of aliphatic hydroxyl groups is 1. The highest BCUT2D eigenvalue weighted by Gasteiger charge is 2.34. The minimum absolute atomic E-state index is 0.0636. The summed E-state index contributed by atoms with van der Waals surface area (Å²) in [5.41, 5.74) is 2.41. The van der Waals surface area contributed by atoms with Crippen LogP contribution in [0.3, 0.4) is 0 Å². The molecule has 1 aliphatic rings. The van der Waals surface area contributed by atoms with Crippen LogP contribution < -0.4 is 0 Å². The maximum Gasteiger partial charge on any atom is 0.0940 e. The van der Waals surface area contributed by atoms with Crippen LogP contribution in [0, 0.1) is 5.41 Å². The molecule has 1 aliphatic carbocycles. The minimum Gasteiger partial charge on any atom is -0.411 e. The van der Waals surface area contributed by atoms with E-state index in [1.54, 1.807) is 0 Å². The summed E-state index contributed by atoms with van der Waals surface area (Å²) in [6.45, 7) is 9.67. The second-order valence-electron chi connectivity index (χ2n) is 4.65. The van der Waals surface area contributed by atoms with E-state index in [2.05, 4.69) is 25.6 Å². The Balaban J connectivity index is 3.27. The van der Waals surface area contributed by atoms with E-state index in [4.69, 9.17) is 5.21 Å².